The Labute approximate surface area is 269 Å². The highest BCUT2D eigenvalue weighted by Gasteiger charge is 2.31. The van der Waals surface area contributed by atoms with Gasteiger partial charge in [0, 0.05) is 39.0 Å². The van der Waals surface area contributed by atoms with Crippen LogP contribution in [0.3, 0.4) is 0 Å². The summed E-state index contributed by atoms with van der Waals surface area (Å²) >= 11 is 0. The molecule has 238 valence electrons. The Balaban J connectivity index is 1.16. The van der Waals surface area contributed by atoms with Crippen molar-refractivity contribution in [1.82, 2.24) is 9.80 Å². The first-order valence-corrected chi connectivity index (χ1v) is 16.8. The number of ether oxygens (including phenoxy) is 3. The van der Waals surface area contributed by atoms with Crippen LogP contribution in [0.4, 0.5) is 0 Å². The monoisotopic (exact) mass is 640 g/mol. The average molecular weight is 641 g/mol. The lowest BCUT2D eigenvalue weighted by Gasteiger charge is -2.19. The third-order valence-electron chi connectivity index (χ3n) is 8.28. The van der Waals surface area contributed by atoms with Crippen LogP contribution in [0.5, 0.6) is 17.2 Å². The van der Waals surface area contributed by atoms with E-state index >= 15 is 0 Å². The average Bonchev–Trinajstić information content (AvgIpc) is 3.74. The van der Waals surface area contributed by atoms with Gasteiger partial charge in [0.1, 0.15) is 28.2 Å². The largest absolute Gasteiger partial charge is 0.495 e. The van der Waals surface area contributed by atoms with Gasteiger partial charge in [0.25, 0.3) is 11.8 Å². The molecule has 0 spiro atoms. The van der Waals surface area contributed by atoms with Gasteiger partial charge in [-0.2, -0.15) is 0 Å². The van der Waals surface area contributed by atoms with E-state index in [-0.39, 0.29) is 34.3 Å². The van der Waals surface area contributed by atoms with Gasteiger partial charge in [-0.1, -0.05) is 42.5 Å². The van der Waals surface area contributed by atoms with Gasteiger partial charge in [-0.3, -0.25) is 9.59 Å². The molecule has 2 aliphatic rings. The zero-order chi connectivity index (χ0) is 32.4. The Kier molecular flexibility index (Phi) is 8.73. The number of hydrogen-bond donors (Lipinski definition) is 0. The second-order valence-electron chi connectivity index (χ2n) is 11.7. The molecule has 0 N–H and O–H groups in total. The van der Waals surface area contributed by atoms with Gasteiger partial charge in [-0.15, -0.1) is 0 Å². The summed E-state index contributed by atoms with van der Waals surface area (Å²) in [6, 6.07) is 24.8. The SMILES string of the molecule is COc1ccc(-c2cccc(C(=O)N(C)C)c2)cc1S(=O)(=O)Cc1cccc(O[C@H]2CCN(C(=O)c3cccc4c3OCC4)C2)c1. The fourth-order valence-electron chi connectivity index (χ4n) is 5.95. The van der Waals surface area contributed by atoms with Crippen molar-refractivity contribution in [2.24, 2.45) is 0 Å². The molecule has 9 nitrogen and oxygen atoms in total. The van der Waals surface area contributed by atoms with Crippen molar-refractivity contribution in [2.75, 3.05) is 40.9 Å². The molecule has 4 aromatic rings. The summed E-state index contributed by atoms with van der Waals surface area (Å²) in [4.78, 5) is 29.1. The van der Waals surface area contributed by atoms with Crippen LogP contribution in [-0.2, 0) is 22.0 Å². The minimum Gasteiger partial charge on any atom is -0.495 e. The van der Waals surface area contributed by atoms with E-state index in [1.807, 2.05) is 18.2 Å². The minimum atomic E-state index is -3.85. The number of fused-ring (bicyclic) bond motifs is 1. The van der Waals surface area contributed by atoms with Crippen LogP contribution >= 0.6 is 0 Å². The summed E-state index contributed by atoms with van der Waals surface area (Å²) in [6.45, 7) is 1.57. The highest BCUT2D eigenvalue weighted by atomic mass is 32.2. The quantitative estimate of drug-likeness (QED) is 0.246. The van der Waals surface area contributed by atoms with Crippen molar-refractivity contribution >= 4 is 21.7 Å². The lowest BCUT2D eigenvalue weighted by molar-refractivity contribution is 0.0768. The highest BCUT2D eigenvalue weighted by molar-refractivity contribution is 7.90. The van der Waals surface area contributed by atoms with Crippen LogP contribution < -0.4 is 14.2 Å². The molecule has 0 radical (unpaired) electrons. The van der Waals surface area contributed by atoms with Crippen LogP contribution in [0.2, 0.25) is 0 Å². The van der Waals surface area contributed by atoms with Crippen LogP contribution in [0.15, 0.2) is 89.8 Å². The second kappa shape index (κ2) is 12.9. The number of hydrogen-bond acceptors (Lipinski definition) is 7. The summed E-state index contributed by atoms with van der Waals surface area (Å²) in [7, 11) is 0.957. The van der Waals surface area contributed by atoms with E-state index in [9.17, 15) is 18.0 Å². The maximum Gasteiger partial charge on any atom is 0.257 e. The fraction of sp³-hybridized carbons (Fsp3) is 0.278. The zero-order valence-corrected chi connectivity index (χ0v) is 26.9. The van der Waals surface area contributed by atoms with Gasteiger partial charge in [0.2, 0.25) is 0 Å². The van der Waals surface area contributed by atoms with E-state index in [2.05, 4.69) is 0 Å². The van der Waals surface area contributed by atoms with Crippen LogP contribution in [0, 0.1) is 0 Å². The number of sulfone groups is 1. The number of nitrogens with zero attached hydrogens (tertiary/aromatic N) is 2. The molecule has 1 atom stereocenters. The normalized spacial score (nSPS) is 15.6. The highest BCUT2D eigenvalue weighted by Crippen LogP contribution is 2.34. The standard InChI is InChI=1S/C36H36N2O7S/c1-37(2)35(39)28-10-5-9-26(20-28)27-13-14-32(43-3)33(21-27)46(41,42)23-24-7-4-11-29(19-24)45-30-15-17-38(22-30)36(40)31-12-6-8-25-16-18-44-34(25)31/h4-14,19-21,30H,15-18,22-23H2,1-3H3/t30-/m0/s1. The summed E-state index contributed by atoms with van der Waals surface area (Å²) < 4.78 is 45.0. The Morgan fingerprint density at radius 1 is 0.957 bits per heavy atom. The number of methoxy groups -OCH3 is 1. The van der Waals surface area contributed by atoms with Crippen molar-refractivity contribution in [2.45, 2.75) is 29.6 Å². The number of likely N-dealkylation sites (tertiary alicyclic amines) is 1. The molecule has 2 heterocycles. The minimum absolute atomic E-state index is 0.0597. The van der Waals surface area contributed by atoms with Crippen LogP contribution in [-0.4, -0.2) is 77.0 Å². The number of benzene rings is 4. The maximum absolute atomic E-state index is 13.8. The summed E-state index contributed by atoms with van der Waals surface area (Å²) in [5, 5.41) is 0. The molecule has 4 aromatic carbocycles. The third-order valence-corrected chi connectivity index (χ3v) is 9.99. The topological polar surface area (TPSA) is 102 Å². The van der Waals surface area contributed by atoms with E-state index in [0.717, 1.165) is 17.5 Å². The van der Waals surface area contributed by atoms with Crippen LogP contribution in [0.25, 0.3) is 11.1 Å². The molecule has 0 unspecified atom stereocenters. The zero-order valence-electron chi connectivity index (χ0n) is 26.1. The molecule has 2 aliphatic heterocycles. The van der Waals surface area contributed by atoms with Gasteiger partial charge in [-0.05, 0) is 64.7 Å². The van der Waals surface area contributed by atoms with Crippen molar-refractivity contribution in [3.05, 3.63) is 107 Å². The molecule has 0 aromatic heterocycles. The molecule has 1 fully saturated rings. The van der Waals surface area contributed by atoms with Gasteiger partial charge in [0.15, 0.2) is 9.84 Å². The second-order valence-corrected chi connectivity index (χ2v) is 13.7. The van der Waals surface area contributed by atoms with E-state index in [0.29, 0.717) is 59.9 Å². The molecule has 0 bridgehead atoms. The first-order valence-electron chi connectivity index (χ1n) is 15.2. The molecular weight excluding hydrogens is 604 g/mol. The third kappa shape index (κ3) is 6.44. The van der Waals surface area contributed by atoms with E-state index in [4.69, 9.17) is 14.2 Å². The number of rotatable bonds is 9. The van der Waals surface area contributed by atoms with E-state index in [1.165, 1.54) is 12.0 Å². The number of carbonyl (C=O) groups excluding carboxylic acids is 2. The Hall–Kier alpha value is -4.83. The van der Waals surface area contributed by atoms with E-state index < -0.39 is 9.84 Å². The van der Waals surface area contributed by atoms with Crippen molar-refractivity contribution < 1.29 is 32.2 Å². The molecule has 46 heavy (non-hydrogen) atoms. The first-order chi connectivity index (χ1) is 22.1. The van der Waals surface area contributed by atoms with Crippen molar-refractivity contribution in [1.29, 1.82) is 0 Å². The smallest absolute Gasteiger partial charge is 0.257 e. The lowest BCUT2D eigenvalue weighted by Crippen LogP contribution is -2.31. The molecule has 1 saturated heterocycles. The summed E-state index contributed by atoms with van der Waals surface area (Å²) in [5.41, 5.74) is 4.07. The summed E-state index contributed by atoms with van der Waals surface area (Å²) in [6.07, 6.45) is 1.25. The Morgan fingerprint density at radius 3 is 2.54 bits per heavy atom. The predicted molar refractivity (Wildman–Crippen MR) is 174 cm³/mol. The van der Waals surface area contributed by atoms with Crippen LogP contribution in [0.1, 0.15) is 38.3 Å². The molecule has 6 rings (SSSR count). The van der Waals surface area contributed by atoms with Gasteiger partial charge >= 0.3 is 0 Å². The predicted octanol–water partition coefficient (Wildman–Crippen LogP) is 5.27. The van der Waals surface area contributed by atoms with E-state index in [1.54, 1.807) is 85.7 Å². The van der Waals surface area contributed by atoms with Gasteiger partial charge < -0.3 is 24.0 Å². The van der Waals surface area contributed by atoms with Crippen molar-refractivity contribution in [3.63, 3.8) is 0 Å². The molecular formula is C36H36N2O7S. The fourth-order valence-corrected chi connectivity index (χ4v) is 7.49. The first kappa shape index (κ1) is 31.2. The number of amides is 2. The molecule has 0 aliphatic carbocycles. The van der Waals surface area contributed by atoms with Crippen molar-refractivity contribution in [3.8, 4) is 28.4 Å². The molecule has 10 heteroatoms. The van der Waals surface area contributed by atoms with Gasteiger partial charge in [-0.25, -0.2) is 8.42 Å². The molecule has 2 amide bonds. The number of carbonyl (C=O) groups is 2. The Bertz CT molecular complexity index is 1900. The van der Waals surface area contributed by atoms with Gasteiger partial charge in [0.05, 0.1) is 31.6 Å². The summed E-state index contributed by atoms with van der Waals surface area (Å²) in [5.74, 6) is 0.979. The number of para-hydroxylation sites is 1. The molecule has 0 saturated carbocycles. The Morgan fingerprint density at radius 2 is 1.74 bits per heavy atom. The maximum atomic E-state index is 13.8. The lowest BCUT2D eigenvalue weighted by atomic mass is 10.0.